The number of alkyl halides is 2. The Bertz CT molecular complexity index is 1260. The maximum atomic E-state index is 14.0. The van der Waals surface area contributed by atoms with Crippen LogP contribution >= 0.6 is 19.2 Å². The SMILES string of the molecule is CC1(C)O[C@@H]2[C@H](O1)[C@@H](COCP(=O)(O)O)O[C@H]2n1ncc2c(N3C[C@@H](F)[C@@H](F)C3)c(C#N)c(Cl)nc21. The molecule has 12 nitrogen and oxygen atoms in total. The molecule has 0 radical (unpaired) electrons. The molecule has 0 aromatic carbocycles. The molecule has 3 aliphatic heterocycles. The molecule has 6 atom stereocenters. The monoisotopic (exact) mass is 549 g/mol. The Balaban J connectivity index is 1.52. The number of nitriles is 1. The van der Waals surface area contributed by atoms with Crippen molar-refractivity contribution < 1.29 is 42.1 Å². The van der Waals surface area contributed by atoms with Crippen molar-refractivity contribution >= 4 is 35.9 Å². The van der Waals surface area contributed by atoms with Gasteiger partial charge in [0.15, 0.2) is 35.2 Å². The largest absolute Gasteiger partial charge is 0.366 e. The van der Waals surface area contributed by atoms with Crippen molar-refractivity contribution in [2.75, 3.05) is 30.9 Å². The van der Waals surface area contributed by atoms with Crippen LogP contribution in [0.3, 0.4) is 0 Å². The predicted molar refractivity (Wildman–Crippen MR) is 120 cm³/mol. The van der Waals surface area contributed by atoms with Gasteiger partial charge in [0.05, 0.1) is 37.0 Å². The molecule has 0 aliphatic carbocycles. The first-order valence-corrected chi connectivity index (χ1v) is 13.2. The number of fused-ring (bicyclic) bond motifs is 2. The van der Waals surface area contributed by atoms with Gasteiger partial charge < -0.3 is 33.6 Å². The molecule has 5 heterocycles. The van der Waals surface area contributed by atoms with Gasteiger partial charge in [0, 0.05) is 0 Å². The Kier molecular flexibility index (Phi) is 6.50. The number of nitrogens with zero attached hydrogens (tertiary/aromatic N) is 5. The summed E-state index contributed by atoms with van der Waals surface area (Å²) in [6, 6.07) is 1.96. The summed E-state index contributed by atoms with van der Waals surface area (Å²) in [6.45, 7) is 2.70. The quantitative estimate of drug-likeness (QED) is 0.402. The zero-order valence-corrected chi connectivity index (χ0v) is 20.8. The molecule has 36 heavy (non-hydrogen) atoms. The van der Waals surface area contributed by atoms with E-state index < -0.39 is 56.6 Å². The van der Waals surface area contributed by atoms with Crippen LogP contribution in [0.5, 0.6) is 0 Å². The standard InChI is InChI=1S/C20H23ClF2N5O7P/c1-20(2)34-15-13(7-32-8-36(29,30)31)33-19(16(15)35-20)28-18-10(4-25-28)14(9(3-24)17(21)26-18)27-5-11(22)12(23)6-27/h4,11-13,15-16,19H,5-8H2,1-2H3,(H2,29,30,31)/t11-,12+,13-,15-,16-,19-/m1/s1. The van der Waals surface area contributed by atoms with Gasteiger partial charge in [-0.2, -0.15) is 10.4 Å². The van der Waals surface area contributed by atoms with Crippen LogP contribution in [0.2, 0.25) is 5.15 Å². The zero-order valence-electron chi connectivity index (χ0n) is 19.1. The summed E-state index contributed by atoms with van der Waals surface area (Å²) in [5, 5.41) is 14.2. The molecular weight excluding hydrogens is 527 g/mol. The van der Waals surface area contributed by atoms with Crippen molar-refractivity contribution in [2.24, 2.45) is 0 Å². The van der Waals surface area contributed by atoms with E-state index in [0.29, 0.717) is 5.39 Å². The highest BCUT2D eigenvalue weighted by atomic mass is 35.5. The molecule has 3 aliphatic rings. The Morgan fingerprint density at radius 1 is 1.31 bits per heavy atom. The van der Waals surface area contributed by atoms with E-state index in [2.05, 4.69) is 10.1 Å². The van der Waals surface area contributed by atoms with Crippen molar-refractivity contribution in [1.82, 2.24) is 14.8 Å². The summed E-state index contributed by atoms with van der Waals surface area (Å²) >= 11 is 6.31. The fraction of sp³-hybridized carbons (Fsp3) is 0.650. The highest BCUT2D eigenvalue weighted by Crippen LogP contribution is 2.45. The lowest BCUT2D eigenvalue weighted by molar-refractivity contribution is -0.202. The average molecular weight is 550 g/mol. The molecule has 196 valence electrons. The summed E-state index contributed by atoms with van der Waals surface area (Å²) in [5.41, 5.74) is 0.391. The molecule has 0 spiro atoms. The minimum Gasteiger partial charge on any atom is -0.366 e. The van der Waals surface area contributed by atoms with Crippen LogP contribution in [-0.2, 0) is 23.5 Å². The number of ether oxygens (including phenoxy) is 4. The molecule has 2 aromatic heterocycles. The van der Waals surface area contributed by atoms with Gasteiger partial charge in [0.2, 0.25) is 0 Å². The first kappa shape index (κ1) is 25.7. The van der Waals surface area contributed by atoms with E-state index >= 15 is 0 Å². The van der Waals surface area contributed by atoms with Crippen LogP contribution in [0.25, 0.3) is 11.0 Å². The van der Waals surface area contributed by atoms with Gasteiger partial charge in [0.1, 0.15) is 36.3 Å². The lowest BCUT2D eigenvalue weighted by Gasteiger charge is -2.24. The predicted octanol–water partition coefficient (Wildman–Crippen LogP) is 2.02. The van der Waals surface area contributed by atoms with Crippen molar-refractivity contribution in [3.05, 3.63) is 16.9 Å². The third-order valence-electron chi connectivity index (χ3n) is 6.19. The van der Waals surface area contributed by atoms with E-state index in [9.17, 15) is 18.6 Å². The van der Waals surface area contributed by atoms with E-state index in [1.165, 1.54) is 15.8 Å². The molecule has 16 heteroatoms. The molecule has 2 N–H and O–H groups in total. The number of pyridine rings is 1. The smallest absolute Gasteiger partial charge is 0.350 e. The zero-order chi connectivity index (χ0) is 26.0. The lowest BCUT2D eigenvalue weighted by atomic mass is 10.1. The van der Waals surface area contributed by atoms with Crippen LogP contribution in [0.4, 0.5) is 14.5 Å². The Labute approximate surface area is 208 Å². The van der Waals surface area contributed by atoms with Gasteiger partial charge in [-0.25, -0.2) is 18.4 Å². The number of rotatable bonds is 6. The first-order valence-electron chi connectivity index (χ1n) is 11.0. The number of hydrogen-bond donors (Lipinski definition) is 2. The third-order valence-corrected chi connectivity index (χ3v) is 6.98. The summed E-state index contributed by atoms with van der Waals surface area (Å²) in [7, 11) is -4.39. The fourth-order valence-corrected chi connectivity index (χ4v) is 5.37. The van der Waals surface area contributed by atoms with E-state index in [1.807, 2.05) is 6.07 Å². The van der Waals surface area contributed by atoms with Crippen LogP contribution in [-0.4, -0.2) is 87.0 Å². The second-order valence-corrected chi connectivity index (χ2v) is 11.2. The molecular formula is C20H23ClF2N5O7P. The molecule has 2 aromatic rings. The van der Waals surface area contributed by atoms with Gasteiger partial charge in [-0.15, -0.1) is 0 Å². The maximum Gasteiger partial charge on any atom is 0.350 e. The average Bonchev–Trinajstić information content (AvgIpc) is 3.49. The second kappa shape index (κ2) is 9.11. The Morgan fingerprint density at radius 2 is 1.97 bits per heavy atom. The molecule has 0 saturated carbocycles. The normalized spacial score (nSPS) is 31.8. The van der Waals surface area contributed by atoms with Crippen molar-refractivity contribution in [1.29, 1.82) is 5.26 Å². The number of halogens is 3. The maximum absolute atomic E-state index is 14.0. The highest BCUT2D eigenvalue weighted by molar-refractivity contribution is 7.51. The molecule has 5 rings (SSSR count). The van der Waals surface area contributed by atoms with E-state index in [-0.39, 0.29) is 41.7 Å². The van der Waals surface area contributed by atoms with Gasteiger partial charge >= 0.3 is 7.60 Å². The van der Waals surface area contributed by atoms with Crippen LogP contribution in [0, 0.1) is 11.3 Å². The summed E-state index contributed by atoms with van der Waals surface area (Å²) in [6.07, 6.45) is -5.85. The molecule has 0 amide bonds. The highest BCUT2D eigenvalue weighted by Gasteiger charge is 2.56. The van der Waals surface area contributed by atoms with Crippen molar-refractivity contribution in [3.8, 4) is 6.07 Å². The van der Waals surface area contributed by atoms with Gasteiger partial charge in [-0.05, 0) is 13.8 Å². The van der Waals surface area contributed by atoms with E-state index in [0.717, 1.165) is 0 Å². The lowest BCUT2D eigenvalue weighted by Crippen LogP contribution is -2.33. The first-order chi connectivity index (χ1) is 16.9. The summed E-state index contributed by atoms with van der Waals surface area (Å²) < 4.78 is 63.8. The number of hydrogen-bond acceptors (Lipinski definition) is 9. The third kappa shape index (κ3) is 4.59. The summed E-state index contributed by atoms with van der Waals surface area (Å²) in [4.78, 5) is 23.9. The van der Waals surface area contributed by atoms with Crippen molar-refractivity contribution in [2.45, 2.75) is 56.5 Å². The topological polar surface area (TPSA) is 152 Å². The molecule has 3 saturated heterocycles. The van der Waals surface area contributed by atoms with Crippen LogP contribution < -0.4 is 4.90 Å². The Morgan fingerprint density at radius 3 is 2.61 bits per heavy atom. The second-order valence-electron chi connectivity index (χ2n) is 9.30. The van der Waals surface area contributed by atoms with E-state index in [1.54, 1.807) is 13.8 Å². The molecule has 0 unspecified atom stereocenters. The fourth-order valence-electron chi connectivity index (χ4n) is 4.81. The minimum atomic E-state index is -4.39. The number of aromatic nitrogens is 3. The summed E-state index contributed by atoms with van der Waals surface area (Å²) in [5.74, 6) is -0.992. The van der Waals surface area contributed by atoms with Crippen LogP contribution in [0.1, 0.15) is 25.6 Å². The molecule has 0 bridgehead atoms. The minimum absolute atomic E-state index is 0.0273. The Hall–Kier alpha value is -1.95. The van der Waals surface area contributed by atoms with Gasteiger partial charge in [-0.3, -0.25) is 4.57 Å². The van der Waals surface area contributed by atoms with Gasteiger partial charge in [-0.1, -0.05) is 11.6 Å². The molecule has 3 fully saturated rings. The van der Waals surface area contributed by atoms with Crippen molar-refractivity contribution in [3.63, 3.8) is 0 Å². The van der Waals surface area contributed by atoms with Gasteiger partial charge in [0.25, 0.3) is 0 Å². The van der Waals surface area contributed by atoms with E-state index in [4.69, 9.17) is 40.3 Å². The number of anilines is 1. The van der Waals surface area contributed by atoms with Crippen LogP contribution in [0.15, 0.2) is 6.20 Å².